The van der Waals surface area contributed by atoms with E-state index >= 15 is 0 Å². The zero-order chi connectivity index (χ0) is 19.3. The van der Waals surface area contributed by atoms with E-state index in [0.29, 0.717) is 13.0 Å². The molecule has 0 amide bonds. The number of guanidine groups is 1. The summed E-state index contributed by atoms with van der Waals surface area (Å²) in [6, 6.07) is 5.84. The first-order valence-electron chi connectivity index (χ1n) is 9.54. The molecule has 27 heavy (non-hydrogen) atoms. The van der Waals surface area contributed by atoms with Crippen molar-refractivity contribution in [2.75, 3.05) is 13.1 Å². The molecule has 0 saturated heterocycles. The molecule has 0 aliphatic rings. The fraction of sp³-hybridized carbons (Fsp3) is 0.650. The predicted molar refractivity (Wildman–Crippen MR) is 121 cm³/mol. The zero-order valence-electron chi connectivity index (χ0n) is 17.1. The summed E-state index contributed by atoms with van der Waals surface area (Å²) in [5.41, 5.74) is 0.560. The van der Waals surface area contributed by atoms with Crippen molar-refractivity contribution in [3.63, 3.8) is 0 Å². The minimum atomic E-state index is -0.391. The second-order valence-electron chi connectivity index (χ2n) is 7.19. The number of nitrogens with one attached hydrogen (secondary N) is 2. The number of hydrogen-bond acceptors (Lipinski definition) is 4. The number of carbonyl (C=O) groups is 1. The van der Waals surface area contributed by atoms with Crippen molar-refractivity contribution in [2.45, 2.75) is 71.9 Å². The van der Waals surface area contributed by atoms with Crippen LogP contribution in [0.3, 0.4) is 0 Å². The molecule has 1 rings (SSSR count). The lowest BCUT2D eigenvalue weighted by molar-refractivity contribution is -0.154. The topological polar surface area (TPSA) is 75.6 Å². The van der Waals surface area contributed by atoms with Crippen molar-refractivity contribution in [2.24, 2.45) is 4.99 Å². The third-order valence-electron chi connectivity index (χ3n) is 3.49. The van der Waals surface area contributed by atoms with Crippen LogP contribution in [-0.2, 0) is 16.1 Å². The third kappa shape index (κ3) is 14.4. The molecule has 1 aromatic rings. The van der Waals surface area contributed by atoms with Gasteiger partial charge in [-0.1, -0.05) is 18.9 Å². The first-order valence-corrected chi connectivity index (χ1v) is 9.54. The third-order valence-corrected chi connectivity index (χ3v) is 3.49. The molecule has 1 heterocycles. The highest BCUT2D eigenvalue weighted by molar-refractivity contribution is 14.0. The molecule has 7 heteroatoms. The Bertz CT molecular complexity index is 545. The normalized spacial score (nSPS) is 11.5. The Balaban J connectivity index is 0.00000676. The lowest BCUT2D eigenvalue weighted by Crippen LogP contribution is -2.37. The van der Waals surface area contributed by atoms with Gasteiger partial charge < -0.3 is 15.4 Å². The van der Waals surface area contributed by atoms with E-state index in [1.165, 1.54) is 0 Å². The van der Waals surface area contributed by atoms with Gasteiger partial charge in [0.2, 0.25) is 0 Å². The van der Waals surface area contributed by atoms with Gasteiger partial charge in [0, 0.05) is 25.7 Å². The quantitative estimate of drug-likeness (QED) is 0.170. The van der Waals surface area contributed by atoms with Gasteiger partial charge in [-0.2, -0.15) is 0 Å². The van der Waals surface area contributed by atoms with Gasteiger partial charge in [0.1, 0.15) is 5.60 Å². The summed E-state index contributed by atoms with van der Waals surface area (Å²) in [5.74, 6) is 0.707. The molecule has 0 saturated carbocycles. The number of ether oxygens (including phenoxy) is 1. The monoisotopic (exact) mass is 490 g/mol. The maximum atomic E-state index is 11.6. The summed E-state index contributed by atoms with van der Waals surface area (Å²) in [6.07, 6.45) is 6.31. The minimum Gasteiger partial charge on any atom is -0.460 e. The van der Waals surface area contributed by atoms with Crippen molar-refractivity contribution < 1.29 is 9.53 Å². The van der Waals surface area contributed by atoms with Crippen LogP contribution in [0.4, 0.5) is 0 Å². The molecule has 154 valence electrons. The number of pyridine rings is 1. The minimum absolute atomic E-state index is 0. The van der Waals surface area contributed by atoms with Crippen LogP contribution in [0.5, 0.6) is 0 Å². The van der Waals surface area contributed by atoms with Crippen molar-refractivity contribution >= 4 is 35.9 Å². The molecule has 0 radical (unpaired) electrons. The molecule has 0 aliphatic carbocycles. The fourth-order valence-electron chi connectivity index (χ4n) is 2.34. The molecule has 0 fully saturated rings. The van der Waals surface area contributed by atoms with Gasteiger partial charge >= 0.3 is 5.97 Å². The van der Waals surface area contributed by atoms with Crippen LogP contribution in [0.15, 0.2) is 29.4 Å². The van der Waals surface area contributed by atoms with E-state index < -0.39 is 5.60 Å². The number of esters is 1. The van der Waals surface area contributed by atoms with E-state index in [-0.39, 0.29) is 29.9 Å². The van der Waals surface area contributed by atoms with E-state index in [9.17, 15) is 4.79 Å². The Morgan fingerprint density at radius 2 is 1.89 bits per heavy atom. The number of halogens is 1. The van der Waals surface area contributed by atoms with Crippen molar-refractivity contribution in [3.05, 3.63) is 30.1 Å². The maximum absolute atomic E-state index is 11.6. The van der Waals surface area contributed by atoms with Gasteiger partial charge in [-0.15, -0.1) is 24.0 Å². The number of aliphatic imine (C=N–C) groups is 1. The van der Waals surface area contributed by atoms with Gasteiger partial charge in [0.15, 0.2) is 5.96 Å². The highest BCUT2D eigenvalue weighted by Gasteiger charge is 2.15. The molecule has 0 aromatic carbocycles. The van der Waals surface area contributed by atoms with E-state index in [1.54, 1.807) is 6.20 Å². The molecule has 0 atom stereocenters. The number of aromatic nitrogens is 1. The zero-order valence-corrected chi connectivity index (χ0v) is 19.4. The number of rotatable bonds is 10. The highest BCUT2D eigenvalue weighted by atomic mass is 127. The van der Waals surface area contributed by atoms with Crippen molar-refractivity contribution in [1.82, 2.24) is 15.6 Å². The summed E-state index contributed by atoms with van der Waals surface area (Å²) < 4.78 is 5.31. The first kappa shape index (κ1) is 25.6. The average Bonchev–Trinajstić information content (AvgIpc) is 2.58. The van der Waals surface area contributed by atoms with Gasteiger partial charge in [-0.05, 0) is 52.7 Å². The standard InChI is InChI=1S/C20H34N4O2.HI/c1-5-21-19(24-16-17-12-9-11-14-22-17)23-15-10-7-6-8-13-18(25)26-20(2,3)4;/h9,11-12,14H,5-8,10,13,15-16H2,1-4H3,(H2,21,23,24);1H. The van der Waals surface area contributed by atoms with Crippen LogP contribution >= 0.6 is 24.0 Å². The molecule has 2 N–H and O–H groups in total. The van der Waals surface area contributed by atoms with E-state index in [1.807, 2.05) is 39.0 Å². The molecular formula is C20H35IN4O2. The molecule has 0 spiro atoms. The average molecular weight is 490 g/mol. The molecule has 0 unspecified atom stereocenters. The van der Waals surface area contributed by atoms with Crippen LogP contribution in [0.1, 0.15) is 65.5 Å². The Hall–Kier alpha value is -1.38. The summed E-state index contributed by atoms with van der Waals surface area (Å²) in [6.45, 7) is 9.99. The number of nitrogens with zero attached hydrogens (tertiary/aromatic N) is 2. The number of unbranched alkanes of at least 4 members (excludes halogenated alkanes) is 3. The smallest absolute Gasteiger partial charge is 0.306 e. The summed E-state index contributed by atoms with van der Waals surface area (Å²) in [7, 11) is 0. The molecular weight excluding hydrogens is 455 g/mol. The van der Waals surface area contributed by atoms with Crippen LogP contribution in [0.25, 0.3) is 0 Å². The lowest BCUT2D eigenvalue weighted by Gasteiger charge is -2.19. The maximum Gasteiger partial charge on any atom is 0.306 e. The Morgan fingerprint density at radius 3 is 2.52 bits per heavy atom. The predicted octanol–water partition coefficient (Wildman–Crippen LogP) is 4.05. The van der Waals surface area contributed by atoms with Crippen LogP contribution in [0.2, 0.25) is 0 Å². The number of carbonyl (C=O) groups excluding carboxylic acids is 1. The molecule has 6 nitrogen and oxygen atoms in total. The number of hydrogen-bond donors (Lipinski definition) is 2. The van der Waals surface area contributed by atoms with E-state index in [4.69, 9.17) is 4.74 Å². The van der Waals surface area contributed by atoms with Gasteiger partial charge in [0.05, 0.1) is 12.2 Å². The molecule has 0 bridgehead atoms. The molecule has 0 aliphatic heterocycles. The second-order valence-corrected chi connectivity index (χ2v) is 7.19. The summed E-state index contributed by atoms with van der Waals surface area (Å²) >= 11 is 0. The van der Waals surface area contributed by atoms with Crippen LogP contribution in [0, 0.1) is 0 Å². The summed E-state index contributed by atoms with van der Waals surface area (Å²) in [4.78, 5) is 20.5. The SMILES string of the molecule is CCNC(=NCc1ccccn1)NCCCCCCC(=O)OC(C)(C)C.I. The van der Waals surface area contributed by atoms with Crippen LogP contribution < -0.4 is 10.6 Å². The first-order chi connectivity index (χ1) is 12.4. The van der Waals surface area contributed by atoms with E-state index in [2.05, 4.69) is 27.5 Å². The highest BCUT2D eigenvalue weighted by Crippen LogP contribution is 2.10. The molecule has 1 aromatic heterocycles. The lowest BCUT2D eigenvalue weighted by atomic mass is 10.1. The van der Waals surface area contributed by atoms with Gasteiger partial charge in [-0.25, -0.2) is 4.99 Å². The Labute approximate surface area is 181 Å². The van der Waals surface area contributed by atoms with Gasteiger partial charge in [0.25, 0.3) is 0 Å². The van der Waals surface area contributed by atoms with Crippen LogP contribution in [-0.4, -0.2) is 35.6 Å². The van der Waals surface area contributed by atoms with Crippen molar-refractivity contribution in [1.29, 1.82) is 0 Å². The fourth-order valence-corrected chi connectivity index (χ4v) is 2.34. The Kier molecular flexibility index (Phi) is 13.9. The largest absolute Gasteiger partial charge is 0.460 e. The second kappa shape index (κ2) is 14.6. The van der Waals surface area contributed by atoms with Crippen molar-refractivity contribution in [3.8, 4) is 0 Å². The summed E-state index contributed by atoms with van der Waals surface area (Å²) in [5, 5.41) is 6.58. The van der Waals surface area contributed by atoms with E-state index in [0.717, 1.165) is 50.4 Å². The van der Waals surface area contributed by atoms with Gasteiger partial charge in [-0.3, -0.25) is 9.78 Å². The Morgan fingerprint density at radius 1 is 1.15 bits per heavy atom.